The SMILES string of the molecule is C=C(C)OSCC. The standard InChI is InChI=1S/C5H10OS/c1-4-7-6-5(2)3/h2,4H2,1,3H3. The van der Waals surface area contributed by atoms with Crippen LogP contribution in [0.3, 0.4) is 0 Å². The maximum Gasteiger partial charge on any atom is 0.104 e. The van der Waals surface area contributed by atoms with Crippen LogP contribution in [0.2, 0.25) is 0 Å². The van der Waals surface area contributed by atoms with Crippen molar-refractivity contribution >= 4 is 12.0 Å². The molecule has 0 aromatic rings. The zero-order valence-electron chi connectivity index (χ0n) is 4.73. The lowest BCUT2D eigenvalue weighted by molar-refractivity contribution is 0.505. The summed E-state index contributed by atoms with van der Waals surface area (Å²) in [5.74, 6) is 1.75. The summed E-state index contributed by atoms with van der Waals surface area (Å²) in [5.41, 5.74) is 0. The molecular formula is C5H10OS. The molecule has 0 heterocycles. The Balaban J connectivity index is 2.82. The molecule has 0 spiro atoms. The summed E-state index contributed by atoms with van der Waals surface area (Å²) in [5, 5.41) is 0. The molecule has 0 bridgehead atoms. The molecule has 0 aromatic heterocycles. The first kappa shape index (κ1) is 6.89. The van der Waals surface area contributed by atoms with Crippen LogP contribution in [-0.2, 0) is 4.18 Å². The van der Waals surface area contributed by atoms with Crippen LogP contribution >= 0.6 is 12.0 Å². The summed E-state index contributed by atoms with van der Waals surface area (Å²) in [6.45, 7) is 7.42. The van der Waals surface area contributed by atoms with Gasteiger partial charge < -0.3 is 4.18 Å². The molecule has 0 atom stereocenters. The van der Waals surface area contributed by atoms with Crippen molar-refractivity contribution in [2.45, 2.75) is 13.8 Å². The fourth-order valence-electron chi connectivity index (χ4n) is 0.160. The van der Waals surface area contributed by atoms with E-state index in [1.54, 1.807) is 0 Å². The van der Waals surface area contributed by atoms with Crippen molar-refractivity contribution in [1.29, 1.82) is 0 Å². The van der Waals surface area contributed by atoms with E-state index in [9.17, 15) is 0 Å². The van der Waals surface area contributed by atoms with Gasteiger partial charge in [-0.15, -0.1) is 0 Å². The van der Waals surface area contributed by atoms with Gasteiger partial charge in [0.2, 0.25) is 0 Å². The summed E-state index contributed by atoms with van der Waals surface area (Å²) < 4.78 is 4.91. The first-order valence-corrected chi connectivity index (χ1v) is 3.13. The second kappa shape index (κ2) is 4.06. The molecule has 0 aliphatic carbocycles. The molecule has 0 amide bonds. The minimum absolute atomic E-state index is 0.770. The van der Waals surface area contributed by atoms with E-state index in [1.807, 2.05) is 13.8 Å². The van der Waals surface area contributed by atoms with Gasteiger partial charge in [-0.05, 0) is 6.92 Å². The van der Waals surface area contributed by atoms with Gasteiger partial charge in [0.15, 0.2) is 0 Å². The average Bonchev–Trinajstić information content (AvgIpc) is 1.61. The Hall–Kier alpha value is -0.110. The summed E-state index contributed by atoms with van der Waals surface area (Å²) >= 11 is 1.42. The first-order chi connectivity index (χ1) is 3.27. The largest absolute Gasteiger partial charge is 0.431 e. The predicted molar refractivity (Wildman–Crippen MR) is 34.0 cm³/mol. The monoisotopic (exact) mass is 118 g/mol. The highest BCUT2D eigenvalue weighted by Gasteiger charge is 1.80. The molecule has 0 aliphatic heterocycles. The molecule has 0 aromatic carbocycles. The van der Waals surface area contributed by atoms with Gasteiger partial charge in [0.05, 0.1) is 12.0 Å². The number of hydrogen-bond acceptors (Lipinski definition) is 2. The molecule has 42 valence electrons. The summed E-state index contributed by atoms with van der Waals surface area (Å²) in [4.78, 5) is 0. The van der Waals surface area contributed by atoms with Gasteiger partial charge in [0.1, 0.15) is 5.76 Å². The van der Waals surface area contributed by atoms with Crippen LogP contribution in [0.1, 0.15) is 13.8 Å². The molecular weight excluding hydrogens is 108 g/mol. The normalized spacial score (nSPS) is 8.29. The highest BCUT2D eigenvalue weighted by atomic mass is 32.2. The zero-order chi connectivity index (χ0) is 5.70. The Morgan fingerprint density at radius 3 is 2.57 bits per heavy atom. The van der Waals surface area contributed by atoms with E-state index in [1.165, 1.54) is 12.0 Å². The topological polar surface area (TPSA) is 9.23 Å². The van der Waals surface area contributed by atoms with E-state index >= 15 is 0 Å². The van der Waals surface area contributed by atoms with Gasteiger partial charge in [-0.3, -0.25) is 0 Å². The van der Waals surface area contributed by atoms with E-state index in [0.717, 1.165) is 11.5 Å². The zero-order valence-corrected chi connectivity index (χ0v) is 5.55. The van der Waals surface area contributed by atoms with Crippen LogP contribution in [0.5, 0.6) is 0 Å². The van der Waals surface area contributed by atoms with E-state index in [0.29, 0.717) is 0 Å². The molecule has 0 radical (unpaired) electrons. The Morgan fingerprint density at radius 1 is 1.86 bits per heavy atom. The van der Waals surface area contributed by atoms with Gasteiger partial charge in [-0.2, -0.15) is 0 Å². The Labute approximate surface area is 49.0 Å². The van der Waals surface area contributed by atoms with Crippen LogP contribution < -0.4 is 0 Å². The third-order valence-electron chi connectivity index (χ3n) is 0.319. The van der Waals surface area contributed by atoms with Gasteiger partial charge in [0, 0.05) is 5.75 Å². The van der Waals surface area contributed by atoms with Crippen molar-refractivity contribution in [3.05, 3.63) is 12.3 Å². The van der Waals surface area contributed by atoms with Crippen LogP contribution in [0, 0.1) is 0 Å². The van der Waals surface area contributed by atoms with E-state index in [4.69, 9.17) is 4.18 Å². The fourth-order valence-corrected chi connectivity index (χ4v) is 0.479. The third kappa shape index (κ3) is 5.89. The lowest BCUT2D eigenvalue weighted by Crippen LogP contribution is -1.73. The van der Waals surface area contributed by atoms with Crippen LogP contribution in [-0.4, -0.2) is 5.75 Å². The smallest absolute Gasteiger partial charge is 0.104 e. The van der Waals surface area contributed by atoms with Crippen LogP contribution in [0.4, 0.5) is 0 Å². The first-order valence-electron chi connectivity index (χ1n) is 2.22. The van der Waals surface area contributed by atoms with E-state index < -0.39 is 0 Å². The predicted octanol–water partition coefficient (Wildman–Crippen LogP) is 2.20. The van der Waals surface area contributed by atoms with Crippen molar-refractivity contribution in [3.63, 3.8) is 0 Å². The molecule has 7 heavy (non-hydrogen) atoms. The third-order valence-corrected chi connectivity index (χ3v) is 0.957. The van der Waals surface area contributed by atoms with Crippen molar-refractivity contribution in [3.8, 4) is 0 Å². The van der Waals surface area contributed by atoms with Crippen molar-refractivity contribution in [2.75, 3.05) is 5.75 Å². The summed E-state index contributed by atoms with van der Waals surface area (Å²) in [7, 11) is 0. The molecule has 0 fully saturated rings. The minimum atomic E-state index is 0.770. The van der Waals surface area contributed by atoms with Gasteiger partial charge in [-0.25, -0.2) is 0 Å². The molecule has 0 saturated carbocycles. The molecule has 2 heteroatoms. The van der Waals surface area contributed by atoms with Crippen LogP contribution in [0.25, 0.3) is 0 Å². The van der Waals surface area contributed by atoms with Crippen molar-refractivity contribution in [2.24, 2.45) is 0 Å². The maximum absolute atomic E-state index is 4.91. The van der Waals surface area contributed by atoms with Crippen molar-refractivity contribution in [1.82, 2.24) is 0 Å². The molecule has 0 saturated heterocycles. The Bertz CT molecular complexity index is 61.1. The average molecular weight is 118 g/mol. The molecule has 0 unspecified atom stereocenters. The highest BCUT2D eigenvalue weighted by molar-refractivity contribution is 7.94. The Morgan fingerprint density at radius 2 is 2.43 bits per heavy atom. The van der Waals surface area contributed by atoms with Crippen molar-refractivity contribution < 1.29 is 4.18 Å². The summed E-state index contributed by atoms with van der Waals surface area (Å²) in [6, 6.07) is 0. The molecule has 0 rings (SSSR count). The van der Waals surface area contributed by atoms with E-state index in [-0.39, 0.29) is 0 Å². The molecule has 1 nitrogen and oxygen atoms in total. The maximum atomic E-state index is 4.91. The number of rotatable bonds is 3. The lowest BCUT2D eigenvalue weighted by atomic mass is 10.7. The van der Waals surface area contributed by atoms with Gasteiger partial charge in [0.25, 0.3) is 0 Å². The van der Waals surface area contributed by atoms with Crippen LogP contribution in [0.15, 0.2) is 12.3 Å². The van der Waals surface area contributed by atoms with E-state index in [2.05, 4.69) is 6.58 Å². The second-order valence-electron chi connectivity index (χ2n) is 1.19. The fraction of sp³-hybridized carbons (Fsp3) is 0.600. The summed E-state index contributed by atoms with van der Waals surface area (Å²) in [6.07, 6.45) is 0. The lowest BCUT2D eigenvalue weighted by Gasteiger charge is -1.96. The minimum Gasteiger partial charge on any atom is -0.431 e. The molecule has 0 aliphatic rings. The number of allylic oxidation sites excluding steroid dienone is 1. The Kier molecular flexibility index (Phi) is 4.00. The second-order valence-corrected chi connectivity index (χ2v) is 2.17. The van der Waals surface area contributed by atoms with Gasteiger partial charge in [-0.1, -0.05) is 13.5 Å². The highest BCUT2D eigenvalue weighted by Crippen LogP contribution is 2.05. The van der Waals surface area contributed by atoms with Gasteiger partial charge >= 0.3 is 0 Å². The quantitative estimate of drug-likeness (QED) is 0.415. The number of hydrogen-bond donors (Lipinski definition) is 0. The molecule has 0 N–H and O–H groups in total.